The predicted molar refractivity (Wildman–Crippen MR) is 46.1 cm³/mol. The number of quaternary nitrogens is 1. The highest BCUT2D eigenvalue weighted by Crippen LogP contribution is 1.80. The first-order valence-electron chi connectivity index (χ1n) is 4.30. The number of aliphatic carboxylic acids is 1. The van der Waals surface area contributed by atoms with Crippen LogP contribution in [0.15, 0.2) is 18.5 Å². The number of nitrogens with two attached hydrogens (primary N) is 1. The minimum atomic E-state index is -0.740. The van der Waals surface area contributed by atoms with Crippen LogP contribution in [-0.4, -0.2) is 33.9 Å². The zero-order chi connectivity index (χ0) is 9.52. The average molecular weight is 184 g/mol. The van der Waals surface area contributed by atoms with Crippen LogP contribution in [0.25, 0.3) is 0 Å². The van der Waals surface area contributed by atoms with Crippen molar-refractivity contribution in [2.45, 2.75) is 13.0 Å². The first kappa shape index (κ1) is 9.73. The number of aromatic nitrogens is 2. The van der Waals surface area contributed by atoms with Gasteiger partial charge in [-0.2, -0.15) is 5.10 Å². The van der Waals surface area contributed by atoms with E-state index in [0.717, 1.165) is 13.1 Å². The Morgan fingerprint density at radius 1 is 1.54 bits per heavy atom. The Bertz CT molecular complexity index is 246. The van der Waals surface area contributed by atoms with Gasteiger partial charge in [0.25, 0.3) is 0 Å². The largest absolute Gasteiger partial charge is 0.481 e. The zero-order valence-electron chi connectivity index (χ0n) is 7.39. The van der Waals surface area contributed by atoms with Crippen molar-refractivity contribution in [1.29, 1.82) is 0 Å². The third-order valence-electron chi connectivity index (χ3n) is 1.68. The van der Waals surface area contributed by atoms with Crippen LogP contribution in [0.5, 0.6) is 0 Å². The van der Waals surface area contributed by atoms with E-state index >= 15 is 0 Å². The van der Waals surface area contributed by atoms with Gasteiger partial charge in [-0.25, -0.2) is 0 Å². The Morgan fingerprint density at radius 3 is 3.00 bits per heavy atom. The van der Waals surface area contributed by atoms with Crippen LogP contribution in [0.3, 0.4) is 0 Å². The van der Waals surface area contributed by atoms with Gasteiger partial charge in [0.2, 0.25) is 0 Å². The van der Waals surface area contributed by atoms with Crippen molar-refractivity contribution >= 4 is 5.97 Å². The Kier molecular flexibility index (Phi) is 3.98. The summed E-state index contributed by atoms with van der Waals surface area (Å²) in [7, 11) is 0. The van der Waals surface area contributed by atoms with Crippen LogP contribution < -0.4 is 5.32 Å². The van der Waals surface area contributed by atoms with E-state index in [4.69, 9.17) is 5.11 Å². The van der Waals surface area contributed by atoms with E-state index in [2.05, 4.69) is 5.10 Å². The van der Waals surface area contributed by atoms with Gasteiger partial charge in [-0.3, -0.25) is 9.48 Å². The smallest absolute Gasteiger partial charge is 0.309 e. The lowest BCUT2D eigenvalue weighted by molar-refractivity contribution is -0.654. The molecule has 1 heterocycles. The molecule has 1 rings (SSSR count). The Morgan fingerprint density at radius 2 is 2.38 bits per heavy atom. The van der Waals surface area contributed by atoms with E-state index in [1.807, 2.05) is 22.3 Å². The summed E-state index contributed by atoms with van der Waals surface area (Å²) in [5, 5.41) is 14.4. The molecule has 0 aliphatic heterocycles. The normalized spacial score (nSPS) is 10.2. The molecule has 13 heavy (non-hydrogen) atoms. The van der Waals surface area contributed by atoms with E-state index in [9.17, 15) is 4.79 Å². The summed E-state index contributed by atoms with van der Waals surface area (Å²) in [5.74, 6) is -0.740. The second kappa shape index (κ2) is 5.31. The van der Waals surface area contributed by atoms with E-state index in [1.165, 1.54) is 0 Å². The Labute approximate surface area is 76.4 Å². The topological polar surface area (TPSA) is 71.7 Å². The minimum Gasteiger partial charge on any atom is -0.481 e. The highest BCUT2D eigenvalue weighted by Gasteiger charge is 1.98. The molecule has 72 valence electrons. The number of hydrogen-bond acceptors (Lipinski definition) is 2. The molecule has 0 bridgehead atoms. The molecular formula is C8H14N3O2+. The molecule has 3 N–H and O–H groups in total. The quantitative estimate of drug-likeness (QED) is 0.552. The van der Waals surface area contributed by atoms with Gasteiger partial charge in [-0.05, 0) is 6.07 Å². The first-order chi connectivity index (χ1) is 6.29. The molecule has 1 aromatic heterocycles. The van der Waals surface area contributed by atoms with Gasteiger partial charge in [-0.15, -0.1) is 0 Å². The molecule has 0 atom stereocenters. The van der Waals surface area contributed by atoms with Crippen LogP contribution in [0, 0.1) is 0 Å². The standard InChI is InChI=1S/C8H13N3O2/c12-8(13)2-4-9-5-7-11-6-1-3-10-11/h1,3,6,9H,2,4-5,7H2,(H,12,13)/p+1. The van der Waals surface area contributed by atoms with Crippen molar-refractivity contribution < 1.29 is 15.2 Å². The van der Waals surface area contributed by atoms with Crippen LogP contribution >= 0.6 is 0 Å². The molecule has 0 aromatic carbocycles. The molecular weight excluding hydrogens is 170 g/mol. The predicted octanol–water partition coefficient (Wildman–Crippen LogP) is -1.08. The molecule has 0 saturated carbocycles. The summed E-state index contributed by atoms with van der Waals surface area (Å²) < 4.78 is 1.83. The Hall–Kier alpha value is -1.36. The third kappa shape index (κ3) is 4.27. The molecule has 0 fully saturated rings. The average Bonchev–Trinajstić information content (AvgIpc) is 2.55. The molecule has 0 saturated heterocycles. The number of carbonyl (C=O) groups is 1. The summed E-state index contributed by atoms with van der Waals surface area (Å²) in [4.78, 5) is 10.2. The van der Waals surface area contributed by atoms with Gasteiger partial charge in [-0.1, -0.05) is 0 Å². The lowest BCUT2D eigenvalue weighted by Crippen LogP contribution is -2.85. The SMILES string of the molecule is O=C(O)CC[NH2+]CCn1cccn1. The second-order valence-electron chi connectivity index (χ2n) is 2.78. The van der Waals surface area contributed by atoms with Crippen molar-refractivity contribution in [3.8, 4) is 0 Å². The second-order valence-corrected chi connectivity index (χ2v) is 2.78. The van der Waals surface area contributed by atoms with Crippen LogP contribution in [-0.2, 0) is 11.3 Å². The van der Waals surface area contributed by atoms with Gasteiger partial charge in [0.05, 0.1) is 26.1 Å². The fourth-order valence-electron chi connectivity index (χ4n) is 1.03. The highest BCUT2D eigenvalue weighted by molar-refractivity contribution is 5.66. The molecule has 0 aliphatic carbocycles. The van der Waals surface area contributed by atoms with Crippen LogP contribution in [0.4, 0.5) is 0 Å². The maximum Gasteiger partial charge on any atom is 0.309 e. The number of carboxylic acid groups (broad SMARTS) is 1. The molecule has 5 nitrogen and oxygen atoms in total. The zero-order valence-corrected chi connectivity index (χ0v) is 7.39. The van der Waals surface area contributed by atoms with Crippen LogP contribution in [0.2, 0.25) is 0 Å². The van der Waals surface area contributed by atoms with Gasteiger partial charge in [0.1, 0.15) is 0 Å². The van der Waals surface area contributed by atoms with E-state index < -0.39 is 5.97 Å². The molecule has 5 heteroatoms. The van der Waals surface area contributed by atoms with Crippen molar-refractivity contribution in [2.75, 3.05) is 13.1 Å². The van der Waals surface area contributed by atoms with Crippen LogP contribution in [0.1, 0.15) is 6.42 Å². The van der Waals surface area contributed by atoms with Crippen molar-refractivity contribution in [3.05, 3.63) is 18.5 Å². The monoisotopic (exact) mass is 184 g/mol. The molecule has 0 unspecified atom stereocenters. The van der Waals surface area contributed by atoms with Crippen molar-refractivity contribution in [2.24, 2.45) is 0 Å². The summed E-state index contributed by atoms with van der Waals surface area (Å²) in [6.07, 6.45) is 3.85. The molecule has 0 amide bonds. The van der Waals surface area contributed by atoms with Crippen molar-refractivity contribution in [1.82, 2.24) is 9.78 Å². The summed E-state index contributed by atoms with van der Waals surface area (Å²) in [6, 6.07) is 1.87. The lowest BCUT2D eigenvalue weighted by atomic mass is 10.4. The van der Waals surface area contributed by atoms with Gasteiger partial charge >= 0.3 is 5.97 Å². The van der Waals surface area contributed by atoms with Crippen molar-refractivity contribution in [3.63, 3.8) is 0 Å². The fraction of sp³-hybridized carbons (Fsp3) is 0.500. The van der Waals surface area contributed by atoms with E-state index in [0.29, 0.717) is 6.54 Å². The lowest BCUT2D eigenvalue weighted by Gasteiger charge is -1.99. The fourth-order valence-corrected chi connectivity index (χ4v) is 1.03. The number of carboxylic acids is 1. The summed E-state index contributed by atoms with van der Waals surface area (Å²) >= 11 is 0. The van der Waals surface area contributed by atoms with Gasteiger partial charge < -0.3 is 10.4 Å². The minimum absolute atomic E-state index is 0.221. The Balaban J connectivity index is 1.99. The molecule has 0 aliphatic rings. The maximum absolute atomic E-state index is 10.2. The van der Waals surface area contributed by atoms with E-state index in [-0.39, 0.29) is 6.42 Å². The summed E-state index contributed by atoms with van der Waals surface area (Å²) in [6.45, 7) is 2.33. The maximum atomic E-state index is 10.2. The first-order valence-corrected chi connectivity index (χ1v) is 4.30. The third-order valence-corrected chi connectivity index (χ3v) is 1.68. The van der Waals surface area contributed by atoms with E-state index in [1.54, 1.807) is 6.20 Å². The molecule has 0 spiro atoms. The number of rotatable bonds is 6. The molecule has 1 aromatic rings. The van der Waals surface area contributed by atoms with Gasteiger partial charge in [0.15, 0.2) is 0 Å². The highest BCUT2D eigenvalue weighted by atomic mass is 16.4. The summed E-state index contributed by atoms with van der Waals surface area (Å²) in [5.41, 5.74) is 0. The number of nitrogens with zero attached hydrogens (tertiary/aromatic N) is 2. The van der Waals surface area contributed by atoms with Gasteiger partial charge in [0, 0.05) is 12.4 Å². The number of hydrogen-bond donors (Lipinski definition) is 2. The molecule has 0 radical (unpaired) electrons.